The third-order valence-electron chi connectivity index (χ3n) is 4.23. The number of hydrogen-bond acceptors (Lipinski definition) is 2. The normalized spacial score (nSPS) is 16.4. The second-order valence-electron chi connectivity index (χ2n) is 5.90. The first kappa shape index (κ1) is 18.2. The average Bonchev–Trinajstić information content (AvgIpc) is 2.57. The highest BCUT2D eigenvalue weighted by atomic mass is 79.9. The fourth-order valence-electron chi connectivity index (χ4n) is 2.75. The van der Waals surface area contributed by atoms with Gasteiger partial charge in [-0.25, -0.2) is 4.39 Å². The zero-order chi connectivity index (χ0) is 16.7. The van der Waals surface area contributed by atoms with Crippen molar-refractivity contribution in [2.24, 2.45) is 10.9 Å². The van der Waals surface area contributed by atoms with Crippen LogP contribution in [0, 0.1) is 11.7 Å². The number of halogens is 2. The van der Waals surface area contributed by atoms with Gasteiger partial charge in [-0.1, -0.05) is 15.9 Å². The van der Waals surface area contributed by atoms with Gasteiger partial charge in [0, 0.05) is 44.9 Å². The highest BCUT2D eigenvalue weighted by Crippen LogP contribution is 2.19. The molecule has 1 fully saturated rings. The summed E-state index contributed by atoms with van der Waals surface area (Å²) in [5.41, 5.74) is 0.879. The molecule has 2 rings (SSSR count). The third kappa shape index (κ3) is 5.77. The first-order valence-corrected chi connectivity index (χ1v) is 8.83. The van der Waals surface area contributed by atoms with E-state index in [1.54, 1.807) is 13.1 Å². The maximum atomic E-state index is 13.3. The Morgan fingerprint density at radius 1 is 1.43 bits per heavy atom. The molecular formula is C17H25BrFN3O. The van der Waals surface area contributed by atoms with Crippen molar-refractivity contribution in [2.45, 2.75) is 25.8 Å². The van der Waals surface area contributed by atoms with Gasteiger partial charge in [-0.3, -0.25) is 4.99 Å². The topological polar surface area (TPSA) is 36.9 Å². The number of nitrogens with zero attached hydrogens (tertiary/aromatic N) is 2. The molecule has 1 aromatic carbocycles. The van der Waals surface area contributed by atoms with Crippen molar-refractivity contribution in [3.63, 3.8) is 0 Å². The first-order chi connectivity index (χ1) is 11.1. The van der Waals surface area contributed by atoms with Crippen molar-refractivity contribution in [2.75, 3.05) is 33.9 Å². The van der Waals surface area contributed by atoms with Crippen LogP contribution in [0.1, 0.15) is 24.8 Å². The zero-order valence-corrected chi connectivity index (χ0v) is 15.4. The van der Waals surface area contributed by atoms with E-state index >= 15 is 0 Å². The lowest BCUT2D eigenvalue weighted by atomic mass is 9.96. The van der Waals surface area contributed by atoms with Crippen LogP contribution in [0.3, 0.4) is 0 Å². The van der Waals surface area contributed by atoms with Crippen molar-refractivity contribution in [1.29, 1.82) is 0 Å². The number of ether oxygens (including phenoxy) is 1. The first-order valence-electron chi connectivity index (χ1n) is 8.03. The van der Waals surface area contributed by atoms with Crippen LogP contribution < -0.4 is 5.32 Å². The molecule has 0 bridgehead atoms. The number of nitrogens with one attached hydrogen (secondary N) is 1. The lowest BCUT2D eigenvalue weighted by Gasteiger charge is -2.27. The standard InChI is InChI=1S/C17H25BrFN3O/c1-20-17(21-12-14-11-15(19)3-4-16(14)18)22(2)8-5-13-6-9-23-10-7-13/h3-4,11,13H,5-10,12H2,1-2H3,(H,20,21). The molecule has 1 saturated heterocycles. The predicted octanol–water partition coefficient (Wildman–Crippen LogP) is 3.41. The van der Waals surface area contributed by atoms with Crippen LogP contribution in [0.25, 0.3) is 0 Å². The summed E-state index contributed by atoms with van der Waals surface area (Å²) in [6, 6.07) is 4.71. The second-order valence-corrected chi connectivity index (χ2v) is 6.76. The summed E-state index contributed by atoms with van der Waals surface area (Å²) >= 11 is 3.45. The number of guanidine groups is 1. The highest BCUT2D eigenvalue weighted by Gasteiger charge is 2.15. The van der Waals surface area contributed by atoms with Crippen LogP contribution in [0.4, 0.5) is 4.39 Å². The van der Waals surface area contributed by atoms with Gasteiger partial charge in [-0.15, -0.1) is 0 Å². The summed E-state index contributed by atoms with van der Waals surface area (Å²) in [7, 11) is 3.81. The van der Waals surface area contributed by atoms with Crippen LogP contribution in [0.5, 0.6) is 0 Å². The Hall–Kier alpha value is -1.14. The number of benzene rings is 1. The molecule has 0 aliphatic carbocycles. The van der Waals surface area contributed by atoms with E-state index < -0.39 is 0 Å². The molecule has 0 spiro atoms. The minimum atomic E-state index is -0.229. The van der Waals surface area contributed by atoms with E-state index in [9.17, 15) is 4.39 Å². The molecule has 4 nitrogen and oxygen atoms in total. The molecule has 0 unspecified atom stereocenters. The summed E-state index contributed by atoms with van der Waals surface area (Å²) in [5.74, 6) is 1.34. The number of hydrogen-bond donors (Lipinski definition) is 1. The number of aliphatic imine (C=N–C) groups is 1. The van der Waals surface area contributed by atoms with Gasteiger partial charge in [0.2, 0.25) is 0 Å². The van der Waals surface area contributed by atoms with Crippen LogP contribution in [-0.4, -0.2) is 44.7 Å². The molecule has 23 heavy (non-hydrogen) atoms. The summed E-state index contributed by atoms with van der Waals surface area (Å²) in [4.78, 5) is 6.44. The van der Waals surface area contributed by atoms with Gasteiger partial charge in [-0.2, -0.15) is 0 Å². The Labute approximate surface area is 146 Å². The molecule has 1 aliphatic rings. The summed E-state index contributed by atoms with van der Waals surface area (Å²) < 4.78 is 19.6. The summed E-state index contributed by atoms with van der Waals surface area (Å²) in [6.45, 7) is 3.26. The second kappa shape index (κ2) is 9.23. The molecule has 1 aliphatic heterocycles. The molecule has 6 heteroatoms. The molecule has 0 saturated carbocycles. The van der Waals surface area contributed by atoms with Crippen molar-refractivity contribution in [3.8, 4) is 0 Å². The van der Waals surface area contributed by atoms with Crippen LogP contribution in [0.15, 0.2) is 27.7 Å². The fraction of sp³-hybridized carbons (Fsp3) is 0.588. The Morgan fingerprint density at radius 2 is 2.17 bits per heavy atom. The van der Waals surface area contributed by atoms with Crippen molar-refractivity contribution >= 4 is 21.9 Å². The molecular weight excluding hydrogens is 361 g/mol. The molecule has 1 heterocycles. The van der Waals surface area contributed by atoms with Gasteiger partial charge in [-0.05, 0) is 48.9 Å². The maximum absolute atomic E-state index is 13.3. The Bertz CT molecular complexity index is 533. The fourth-order valence-corrected chi connectivity index (χ4v) is 3.14. The zero-order valence-electron chi connectivity index (χ0n) is 13.8. The van der Waals surface area contributed by atoms with Crippen molar-refractivity contribution < 1.29 is 9.13 Å². The van der Waals surface area contributed by atoms with E-state index in [2.05, 4.69) is 31.1 Å². The monoisotopic (exact) mass is 385 g/mol. The lowest BCUT2D eigenvalue weighted by Crippen LogP contribution is -2.39. The van der Waals surface area contributed by atoms with Crippen molar-refractivity contribution in [1.82, 2.24) is 10.2 Å². The number of rotatable bonds is 5. The molecule has 0 amide bonds. The molecule has 1 aromatic rings. The predicted molar refractivity (Wildman–Crippen MR) is 95.1 cm³/mol. The SMILES string of the molecule is CN=C(NCc1cc(F)ccc1Br)N(C)CCC1CCOCC1. The molecule has 1 N–H and O–H groups in total. The van der Waals surface area contributed by atoms with E-state index in [0.29, 0.717) is 6.54 Å². The average molecular weight is 386 g/mol. The Morgan fingerprint density at radius 3 is 2.87 bits per heavy atom. The molecule has 0 atom stereocenters. The highest BCUT2D eigenvalue weighted by molar-refractivity contribution is 9.10. The van der Waals surface area contributed by atoms with Crippen LogP contribution in [0.2, 0.25) is 0 Å². The van der Waals surface area contributed by atoms with Crippen LogP contribution >= 0.6 is 15.9 Å². The van der Waals surface area contributed by atoms with Crippen molar-refractivity contribution in [3.05, 3.63) is 34.1 Å². The van der Waals surface area contributed by atoms with Gasteiger partial charge < -0.3 is 15.0 Å². The van der Waals surface area contributed by atoms with E-state index in [1.165, 1.54) is 12.1 Å². The van der Waals surface area contributed by atoms with Gasteiger partial charge in [0.05, 0.1) is 0 Å². The largest absolute Gasteiger partial charge is 0.381 e. The summed E-state index contributed by atoms with van der Waals surface area (Å²) in [5, 5.41) is 3.30. The molecule has 128 valence electrons. The van der Waals surface area contributed by atoms with Gasteiger partial charge in [0.25, 0.3) is 0 Å². The third-order valence-corrected chi connectivity index (χ3v) is 5.01. The Kier molecular flexibility index (Phi) is 7.30. The van der Waals surface area contributed by atoms with Gasteiger partial charge in [0.1, 0.15) is 5.82 Å². The minimum absolute atomic E-state index is 0.229. The minimum Gasteiger partial charge on any atom is -0.381 e. The van der Waals surface area contributed by atoms with Gasteiger partial charge >= 0.3 is 0 Å². The van der Waals surface area contributed by atoms with E-state index in [-0.39, 0.29) is 5.82 Å². The van der Waals surface area contributed by atoms with E-state index in [1.807, 2.05) is 7.05 Å². The summed E-state index contributed by atoms with van der Waals surface area (Å²) in [6.07, 6.45) is 3.44. The quantitative estimate of drug-likeness (QED) is 0.623. The lowest BCUT2D eigenvalue weighted by molar-refractivity contribution is 0.0625. The smallest absolute Gasteiger partial charge is 0.193 e. The maximum Gasteiger partial charge on any atom is 0.193 e. The van der Waals surface area contributed by atoms with E-state index in [4.69, 9.17) is 4.74 Å². The van der Waals surface area contributed by atoms with E-state index in [0.717, 1.165) is 60.9 Å². The van der Waals surface area contributed by atoms with Gasteiger partial charge in [0.15, 0.2) is 5.96 Å². The van der Waals surface area contributed by atoms with Crippen LogP contribution in [-0.2, 0) is 11.3 Å². The molecule has 0 aromatic heterocycles. The molecule has 0 radical (unpaired) electrons. The Balaban J connectivity index is 1.82.